The van der Waals surface area contributed by atoms with Crippen molar-refractivity contribution in [3.63, 3.8) is 0 Å². The average molecular weight is 329 g/mol. The van der Waals surface area contributed by atoms with Gasteiger partial charge in [0.15, 0.2) is 0 Å². The molecule has 7 unspecified atom stereocenters. The van der Waals surface area contributed by atoms with Gasteiger partial charge in [0.1, 0.15) is 0 Å². The van der Waals surface area contributed by atoms with E-state index in [0.29, 0.717) is 10.8 Å². The van der Waals surface area contributed by atoms with Gasteiger partial charge in [0.05, 0.1) is 6.10 Å². The van der Waals surface area contributed by atoms with Crippen molar-refractivity contribution in [1.82, 2.24) is 0 Å². The van der Waals surface area contributed by atoms with Crippen LogP contribution in [0, 0.1) is 34.5 Å². The van der Waals surface area contributed by atoms with Crippen LogP contribution in [0.4, 0.5) is 0 Å². The van der Waals surface area contributed by atoms with E-state index in [4.69, 9.17) is 0 Å². The zero-order chi connectivity index (χ0) is 17.1. The lowest BCUT2D eigenvalue weighted by atomic mass is 9.43. The van der Waals surface area contributed by atoms with E-state index in [2.05, 4.69) is 33.4 Å². The van der Waals surface area contributed by atoms with E-state index in [1.165, 1.54) is 50.5 Å². The van der Waals surface area contributed by atoms with Gasteiger partial charge in [-0.1, -0.05) is 44.1 Å². The Kier molecular flexibility index (Phi) is 4.03. The molecule has 0 aromatic heterocycles. The molecule has 4 aliphatic carbocycles. The van der Waals surface area contributed by atoms with E-state index in [9.17, 15) is 5.11 Å². The van der Waals surface area contributed by atoms with Crippen LogP contribution in [0.5, 0.6) is 0 Å². The first-order chi connectivity index (χ1) is 11.4. The van der Waals surface area contributed by atoms with Crippen LogP contribution in [0.2, 0.25) is 0 Å². The van der Waals surface area contributed by atoms with Crippen molar-refractivity contribution in [2.75, 3.05) is 0 Å². The first kappa shape index (κ1) is 16.9. The topological polar surface area (TPSA) is 20.2 Å². The Labute approximate surface area is 148 Å². The smallest absolute Gasteiger partial charge is 0.0577 e. The molecular weight excluding hydrogens is 292 g/mol. The van der Waals surface area contributed by atoms with E-state index in [0.717, 1.165) is 36.5 Å². The summed E-state index contributed by atoms with van der Waals surface area (Å²) in [7, 11) is 0. The van der Waals surface area contributed by atoms with Crippen molar-refractivity contribution < 1.29 is 5.11 Å². The van der Waals surface area contributed by atoms with Gasteiger partial charge in [-0.2, -0.15) is 0 Å². The van der Waals surface area contributed by atoms with E-state index in [1.54, 1.807) is 5.57 Å². The maximum absolute atomic E-state index is 10.1. The summed E-state index contributed by atoms with van der Waals surface area (Å²) in [4.78, 5) is 0. The van der Waals surface area contributed by atoms with Gasteiger partial charge in [-0.15, -0.1) is 0 Å². The Bertz CT molecular complexity index is 560. The predicted molar refractivity (Wildman–Crippen MR) is 101 cm³/mol. The van der Waals surface area contributed by atoms with E-state index < -0.39 is 0 Å². The maximum Gasteiger partial charge on any atom is 0.0577 e. The molecule has 0 aliphatic heterocycles. The molecule has 7 atom stereocenters. The first-order valence-electron chi connectivity index (χ1n) is 10.4. The lowest BCUT2D eigenvalue weighted by Crippen LogP contribution is -2.54. The molecule has 4 aliphatic rings. The third-order valence-electron chi connectivity index (χ3n) is 8.91. The van der Waals surface area contributed by atoms with Gasteiger partial charge in [0.25, 0.3) is 0 Å². The molecule has 0 saturated heterocycles. The maximum atomic E-state index is 10.1. The molecule has 0 amide bonds. The zero-order valence-electron chi connectivity index (χ0n) is 16.0. The summed E-state index contributed by atoms with van der Waals surface area (Å²) < 4.78 is 0. The standard InChI is InChI=1S/C23H36O/c1-15(2)19-6-5-7-20-18-9-8-16-14-17(24)10-12-22(16,3)21(18)11-13-23(19,20)4/h8,17-21,24H,1,5-7,9-14H2,2-4H3. The summed E-state index contributed by atoms with van der Waals surface area (Å²) in [5, 5.41) is 10.1. The molecule has 3 saturated carbocycles. The number of rotatable bonds is 1. The number of aliphatic hydroxyl groups is 1. The summed E-state index contributed by atoms with van der Waals surface area (Å²) in [6.07, 6.45) is 13.9. The first-order valence-corrected chi connectivity index (χ1v) is 10.4. The van der Waals surface area contributed by atoms with Crippen molar-refractivity contribution in [3.05, 3.63) is 23.8 Å². The summed E-state index contributed by atoms with van der Waals surface area (Å²) >= 11 is 0. The van der Waals surface area contributed by atoms with Gasteiger partial charge in [0, 0.05) is 0 Å². The largest absolute Gasteiger partial charge is 0.393 e. The van der Waals surface area contributed by atoms with Crippen molar-refractivity contribution in [2.24, 2.45) is 34.5 Å². The highest BCUT2D eigenvalue weighted by Gasteiger charge is 2.57. The Morgan fingerprint density at radius 3 is 2.67 bits per heavy atom. The highest BCUT2D eigenvalue weighted by atomic mass is 16.3. The molecule has 3 fully saturated rings. The second-order valence-electron chi connectivity index (χ2n) is 10.0. The fraction of sp³-hybridized carbons (Fsp3) is 0.826. The minimum Gasteiger partial charge on any atom is -0.393 e. The normalized spacial score (nSPS) is 51.0. The van der Waals surface area contributed by atoms with Gasteiger partial charge < -0.3 is 5.11 Å². The van der Waals surface area contributed by atoms with Crippen LogP contribution in [0.15, 0.2) is 23.8 Å². The molecule has 0 aromatic rings. The minimum absolute atomic E-state index is 0.0859. The van der Waals surface area contributed by atoms with Gasteiger partial charge in [-0.3, -0.25) is 0 Å². The Morgan fingerprint density at radius 1 is 1.12 bits per heavy atom. The molecule has 4 rings (SSSR count). The van der Waals surface area contributed by atoms with Crippen LogP contribution in [0.1, 0.15) is 78.6 Å². The highest BCUT2D eigenvalue weighted by Crippen LogP contribution is 2.65. The Balaban J connectivity index is 1.67. The van der Waals surface area contributed by atoms with Crippen molar-refractivity contribution >= 4 is 0 Å². The van der Waals surface area contributed by atoms with Gasteiger partial charge in [0.2, 0.25) is 0 Å². The molecule has 1 heteroatoms. The van der Waals surface area contributed by atoms with Crippen molar-refractivity contribution in [3.8, 4) is 0 Å². The van der Waals surface area contributed by atoms with Crippen LogP contribution >= 0.6 is 0 Å². The molecule has 0 heterocycles. The lowest BCUT2D eigenvalue weighted by molar-refractivity contribution is -0.0886. The molecule has 134 valence electrons. The third kappa shape index (κ3) is 2.30. The fourth-order valence-corrected chi connectivity index (χ4v) is 7.65. The van der Waals surface area contributed by atoms with E-state index in [1.807, 2.05) is 0 Å². The number of allylic oxidation sites excluding steroid dienone is 2. The number of hydrogen-bond acceptors (Lipinski definition) is 1. The minimum atomic E-state index is -0.0859. The lowest BCUT2D eigenvalue weighted by Gasteiger charge is -2.62. The summed E-state index contributed by atoms with van der Waals surface area (Å²) in [5.74, 6) is 3.35. The molecule has 0 spiro atoms. The zero-order valence-corrected chi connectivity index (χ0v) is 16.0. The molecule has 0 radical (unpaired) electrons. The molecular formula is C23H36O. The Morgan fingerprint density at radius 2 is 1.92 bits per heavy atom. The monoisotopic (exact) mass is 328 g/mol. The molecule has 0 aromatic carbocycles. The number of hydrogen-bond donors (Lipinski definition) is 1. The third-order valence-corrected chi connectivity index (χ3v) is 8.91. The summed E-state index contributed by atoms with van der Waals surface area (Å²) in [6.45, 7) is 11.8. The van der Waals surface area contributed by atoms with Crippen LogP contribution in [-0.2, 0) is 0 Å². The van der Waals surface area contributed by atoms with Crippen LogP contribution in [0.3, 0.4) is 0 Å². The average Bonchev–Trinajstić information content (AvgIpc) is 2.54. The van der Waals surface area contributed by atoms with Crippen molar-refractivity contribution in [2.45, 2.75) is 84.7 Å². The highest BCUT2D eigenvalue weighted by molar-refractivity contribution is 5.25. The second kappa shape index (κ2) is 5.73. The quantitative estimate of drug-likeness (QED) is 0.595. The SMILES string of the molecule is C=C(C)C1CCCC2C3CC=C4CC(O)CCC4(C)C3CCC12C. The molecule has 1 N–H and O–H groups in total. The second-order valence-corrected chi connectivity index (χ2v) is 10.0. The van der Waals surface area contributed by atoms with Gasteiger partial charge in [-0.05, 0) is 92.8 Å². The van der Waals surface area contributed by atoms with Crippen molar-refractivity contribution in [1.29, 1.82) is 0 Å². The van der Waals surface area contributed by atoms with Gasteiger partial charge >= 0.3 is 0 Å². The van der Waals surface area contributed by atoms with E-state index >= 15 is 0 Å². The van der Waals surface area contributed by atoms with Crippen LogP contribution < -0.4 is 0 Å². The van der Waals surface area contributed by atoms with E-state index in [-0.39, 0.29) is 6.10 Å². The molecule has 0 bridgehead atoms. The van der Waals surface area contributed by atoms with Gasteiger partial charge in [-0.25, -0.2) is 0 Å². The Hall–Kier alpha value is -0.560. The summed E-state index contributed by atoms with van der Waals surface area (Å²) in [5.41, 5.74) is 3.89. The van der Waals surface area contributed by atoms with Crippen LogP contribution in [0.25, 0.3) is 0 Å². The molecule has 1 nitrogen and oxygen atoms in total. The summed E-state index contributed by atoms with van der Waals surface area (Å²) in [6, 6.07) is 0. The number of aliphatic hydroxyl groups excluding tert-OH is 1. The fourth-order valence-electron chi connectivity index (χ4n) is 7.65. The molecule has 24 heavy (non-hydrogen) atoms. The van der Waals surface area contributed by atoms with Crippen LogP contribution in [-0.4, -0.2) is 11.2 Å². The predicted octanol–water partition coefficient (Wildman–Crippen LogP) is 5.89. The number of fused-ring (bicyclic) bond motifs is 5.